The van der Waals surface area contributed by atoms with Crippen molar-refractivity contribution in [1.29, 1.82) is 0 Å². The smallest absolute Gasteiger partial charge is 0.352 e. The Balaban J connectivity index is 0.000000239. The van der Waals surface area contributed by atoms with Gasteiger partial charge in [0.1, 0.15) is 5.70 Å². The average Bonchev–Trinajstić information content (AvgIpc) is 2.48. The summed E-state index contributed by atoms with van der Waals surface area (Å²) in [6.07, 6.45) is 0.419. The van der Waals surface area contributed by atoms with E-state index in [0.29, 0.717) is 6.08 Å². The fraction of sp³-hybridized carbons (Fsp3) is 0.0588. The SMILES string of the molecule is Cc1ccccc1-c1ccccc1.N/C(=C/C(=O)O)C(=O)O. The van der Waals surface area contributed by atoms with Crippen molar-refractivity contribution < 1.29 is 19.8 Å². The maximum absolute atomic E-state index is 9.78. The van der Waals surface area contributed by atoms with E-state index in [4.69, 9.17) is 15.9 Å². The zero-order chi connectivity index (χ0) is 16.5. The Kier molecular flexibility index (Phi) is 6.37. The number of carboxylic acid groups (broad SMARTS) is 2. The van der Waals surface area contributed by atoms with E-state index in [1.165, 1.54) is 16.7 Å². The predicted octanol–water partition coefficient (Wildman–Crippen LogP) is 2.66. The topological polar surface area (TPSA) is 101 Å². The monoisotopic (exact) mass is 299 g/mol. The molecule has 0 saturated heterocycles. The van der Waals surface area contributed by atoms with Crippen molar-refractivity contribution in [2.24, 2.45) is 5.73 Å². The molecule has 114 valence electrons. The van der Waals surface area contributed by atoms with Crippen LogP contribution in [-0.2, 0) is 9.59 Å². The number of benzene rings is 2. The van der Waals surface area contributed by atoms with Crippen LogP contribution < -0.4 is 5.73 Å². The van der Waals surface area contributed by atoms with Gasteiger partial charge >= 0.3 is 11.9 Å². The maximum Gasteiger partial charge on any atom is 0.352 e. The van der Waals surface area contributed by atoms with Crippen molar-refractivity contribution in [3.05, 3.63) is 71.9 Å². The zero-order valence-corrected chi connectivity index (χ0v) is 12.1. The molecule has 0 fully saturated rings. The van der Waals surface area contributed by atoms with Crippen LogP contribution in [0.25, 0.3) is 11.1 Å². The van der Waals surface area contributed by atoms with Crippen molar-refractivity contribution in [3.63, 3.8) is 0 Å². The van der Waals surface area contributed by atoms with Gasteiger partial charge in [0.15, 0.2) is 0 Å². The Hall–Kier alpha value is -3.08. The first kappa shape index (κ1) is 17.0. The van der Waals surface area contributed by atoms with Crippen molar-refractivity contribution in [2.45, 2.75) is 6.92 Å². The highest BCUT2D eigenvalue weighted by Gasteiger charge is 2.01. The number of carbonyl (C=O) groups is 2. The molecule has 0 atom stereocenters. The van der Waals surface area contributed by atoms with Gasteiger partial charge in [-0.2, -0.15) is 0 Å². The molecule has 5 heteroatoms. The molecule has 22 heavy (non-hydrogen) atoms. The van der Waals surface area contributed by atoms with Gasteiger partial charge in [-0.05, 0) is 23.6 Å². The molecule has 0 radical (unpaired) electrons. The number of rotatable bonds is 3. The number of carboxylic acids is 2. The van der Waals surface area contributed by atoms with Crippen molar-refractivity contribution in [3.8, 4) is 11.1 Å². The normalized spacial score (nSPS) is 10.3. The second-order valence-electron chi connectivity index (χ2n) is 4.42. The minimum atomic E-state index is -1.43. The van der Waals surface area contributed by atoms with E-state index in [1.54, 1.807) is 0 Å². The maximum atomic E-state index is 9.78. The van der Waals surface area contributed by atoms with Gasteiger partial charge in [-0.3, -0.25) is 0 Å². The van der Waals surface area contributed by atoms with E-state index in [1.807, 2.05) is 6.07 Å². The summed E-state index contributed by atoms with van der Waals surface area (Å²) in [4.78, 5) is 19.5. The summed E-state index contributed by atoms with van der Waals surface area (Å²) in [6.45, 7) is 2.14. The zero-order valence-electron chi connectivity index (χ0n) is 12.1. The van der Waals surface area contributed by atoms with Crippen LogP contribution >= 0.6 is 0 Å². The lowest BCUT2D eigenvalue weighted by Crippen LogP contribution is -2.11. The molecular formula is C17H17NO4. The minimum absolute atomic E-state index is 0.419. The molecule has 0 saturated carbocycles. The molecule has 0 amide bonds. The highest BCUT2D eigenvalue weighted by molar-refractivity contribution is 5.93. The van der Waals surface area contributed by atoms with Crippen LogP contribution in [0.3, 0.4) is 0 Å². The largest absolute Gasteiger partial charge is 0.478 e. The van der Waals surface area contributed by atoms with Crippen molar-refractivity contribution in [2.75, 3.05) is 0 Å². The minimum Gasteiger partial charge on any atom is -0.478 e. The number of aliphatic carboxylic acids is 2. The number of nitrogens with two attached hydrogens (primary N) is 1. The van der Waals surface area contributed by atoms with Gasteiger partial charge in [0.25, 0.3) is 0 Å². The summed E-state index contributed by atoms with van der Waals surface area (Å²) in [7, 11) is 0. The molecule has 0 heterocycles. The van der Waals surface area contributed by atoms with Crippen LogP contribution in [0, 0.1) is 6.92 Å². The van der Waals surface area contributed by atoms with Crippen LogP contribution in [0.15, 0.2) is 66.4 Å². The molecular weight excluding hydrogens is 282 g/mol. The molecule has 2 aromatic rings. The summed E-state index contributed by atoms with van der Waals surface area (Å²) >= 11 is 0. The van der Waals surface area contributed by atoms with Gasteiger partial charge in [0.05, 0.1) is 6.08 Å². The third kappa shape index (κ3) is 5.50. The van der Waals surface area contributed by atoms with Gasteiger partial charge in [-0.25, -0.2) is 9.59 Å². The molecule has 5 nitrogen and oxygen atoms in total. The number of aryl methyl sites for hydroxylation is 1. The lowest BCUT2D eigenvalue weighted by molar-refractivity contribution is -0.135. The van der Waals surface area contributed by atoms with Crippen LogP contribution in [0.5, 0.6) is 0 Å². The third-order valence-electron chi connectivity index (χ3n) is 2.76. The molecule has 0 aliphatic heterocycles. The number of hydrogen-bond acceptors (Lipinski definition) is 3. The second-order valence-corrected chi connectivity index (χ2v) is 4.42. The van der Waals surface area contributed by atoms with Crippen LogP contribution in [-0.4, -0.2) is 22.2 Å². The van der Waals surface area contributed by atoms with Gasteiger partial charge in [-0.1, -0.05) is 54.6 Å². The summed E-state index contributed by atoms with van der Waals surface area (Å²) < 4.78 is 0. The summed E-state index contributed by atoms with van der Waals surface area (Å²) in [5.74, 6) is -2.80. The van der Waals surface area contributed by atoms with E-state index in [-0.39, 0.29) is 0 Å². The van der Waals surface area contributed by atoms with E-state index >= 15 is 0 Å². The summed E-state index contributed by atoms with van der Waals surface area (Å²) in [6, 6.07) is 18.9. The quantitative estimate of drug-likeness (QED) is 0.756. The molecule has 0 unspecified atom stereocenters. The Bertz CT molecular complexity index is 678. The highest BCUT2D eigenvalue weighted by Crippen LogP contribution is 2.21. The van der Waals surface area contributed by atoms with E-state index < -0.39 is 17.6 Å². The lowest BCUT2D eigenvalue weighted by Gasteiger charge is -2.04. The molecule has 0 aliphatic rings. The standard InChI is InChI=1S/C13H12.C4H5NO4/c1-11-7-5-6-10-13(11)12-8-3-2-4-9-12;5-2(4(8)9)1-3(6)7/h2-10H,1H3;1H,5H2,(H,6,7)(H,8,9)/b;2-1+. The lowest BCUT2D eigenvalue weighted by atomic mass is 10.0. The molecule has 2 rings (SSSR count). The first-order valence-corrected chi connectivity index (χ1v) is 6.46. The molecule has 0 aliphatic carbocycles. The van der Waals surface area contributed by atoms with Gasteiger partial charge in [0, 0.05) is 0 Å². The highest BCUT2D eigenvalue weighted by atomic mass is 16.4. The molecule has 2 aromatic carbocycles. The first-order chi connectivity index (χ1) is 10.4. The molecule has 4 N–H and O–H groups in total. The Morgan fingerprint density at radius 3 is 1.95 bits per heavy atom. The molecule has 0 aromatic heterocycles. The molecule has 0 bridgehead atoms. The summed E-state index contributed by atoms with van der Waals surface area (Å²) in [5, 5.41) is 15.9. The Labute approximate surface area is 128 Å². The van der Waals surface area contributed by atoms with Crippen LogP contribution in [0.1, 0.15) is 5.56 Å². The van der Waals surface area contributed by atoms with E-state index in [2.05, 4.69) is 55.5 Å². The van der Waals surface area contributed by atoms with Crippen LogP contribution in [0.2, 0.25) is 0 Å². The fourth-order valence-electron chi connectivity index (χ4n) is 1.71. The Morgan fingerprint density at radius 2 is 1.50 bits per heavy atom. The fourth-order valence-corrected chi connectivity index (χ4v) is 1.71. The average molecular weight is 299 g/mol. The Morgan fingerprint density at radius 1 is 0.955 bits per heavy atom. The number of hydrogen-bond donors (Lipinski definition) is 3. The first-order valence-electron chi connectivity index (χ1n) is 6.46. The van der Waals surface area contributed by atoms with E-state index in [0.717, 1.165) is 0 Å². The van der Waals surface area contributed by atoms with Crippen LogP contribution in [0.4, 0.5) is 0 Å². The predicted molar refractivity (Wildman–Crippen MR) is 84.2 cm³/mol. The van der Waals surface area contributed by atoms with Gasteiger partial charge in [0.2, 0.25) is 0 Å². The molecule has 0 spiro atoms. The van der Waals surface area contributed by atoms with Crippen molar-refractivity contribution in [1.82, 2.24) is 0 Å². The summed E-state index contributed by atoms with van der Waals surface area (Å²) in [5.41, 5.74) is 7.96. The van der Waals surface area contributed by atoms with Gasteiger partial charge < -0.3 is 15.9 Å². The van der Waals surface area contributed by atoms with Crippen molar-refractivity contribution >= 4 is 11.9 Å². The van der Waals surface area contributed by atoms with Gasteiger partial charge in [-0.15, -0.1) is 0 Å². The second kappa shape index (κ2) is 8.26. The third-order valence-corrected chi connectivity index (χ3v) is 2.76. The van der Waals surface area contributed by atoms with E-state index in [9.17, 15) is 9.59 Å².